The molecule has 1 aromatic rings. The number of nitrogens with zero attached hydrogens (tertiary/aromatic N) is 1. The van der Waals surface area contributed by atoms with Crippen LogP contribution in [0.4, 0.5) is 5.69 Å². The summed E-state index contributed by atoms with van der Waals surface area (Å²) in [6, 6.07) is 6.49. The van der Waals surface area contributed by atoms with E-state index in [4.69, 9.17) is 17.3 Å². The smallest absolute Gasteiger partial charge is 0.0642 e. The first-order chi connectivity index (χ1) is 7.16. The van der Waals surface area contributed by atoms with Gasteiger partial charge in [-0.1, -0.05) is 17.7 Å². The number of halogens is 1. The van der Waals surface area contributed by atoms with E-state index in [9.17, 15) is 0 Å². The zero-order valence-corrected chi connectivity index (χ0v) is 9.80. The van der Waals surface area contributed by atoms with E-state index in [1.165, 1.54) is 5.56 Å². The third kappa shape index (κ3) is 2.44. The van der Waals surface area contributed by atoms with Gasteiger partial charge in [0, 0.05) is 19.1 Å². The fourth-order valence-electron chi connectivity index (χ4n) is 2.10. The van der Waals surface area contributed by atoms with Gasteiger partial charge in [-0.2, -0.15) is 0 Å². The largest absolute Gasteiger partial charge is 0.369 e. The number of aryl methyl sites for hydroxylation is 1. The molecule has 1 atom stereocenters. The number of hydrogen-bond acceptors (Lipinski definition) is 2. The third-order valence-electron chi connectivity index (χ3n) is 2.90. The summed E-state index contributed by atoms with van der Waals surface area (Å²) in [5, 5.41) is 0.837. The van der Waals surface area contributed by atoms with Crippen molar-refractivity contribution in [3.8, 4) is 0 Å². The van der Waals surface area contributed by atoms with Crippen molar-refractivity contribution < 1.29 is 0 Å². The number of benzene rings is 1. The Bertz CT molecular complexity index is 351. The highest BCUT2D eigenvalue weighted by Crippen LogP contribution is 2.28. The maximum absolute atomic E-state index is 6.23. The molecular formula is C12H17ClN2. The van der Waals surface area contributed by atoms with Crippen LogP contribution in [0.3, 0.4) is 0 Å². The van der Waals surface area contributed by atoms with Gasteiger partial charge in [0.15, 0.2) is 0 Å². The van der Waals surface area contributed by atoms with E-state index in [2.05, 4.69) is 24.0 Å². The molecule has 0 radical (unpaired) electrons. The maximum atomic E-state index is 6.23. The van der Waals surface area contributed by atoms with Crippen molar-refractivity contribution in [2.24, 2.45) is 5.73 Å². The minimum atomic E-state index is 0.288. The summed E-state index contributed by atoms with van der Waals surface area (Å²) in [6.45, 7) is 4.04. The zero-order chi connectivity index (χ0) is 10.8. The van der Waals surface area contributed by atoms with Crippen LogP contribution in [0.25, 0.3) is 0 Å². The second kappa shape index (κ2) is 4.42. The van der Waals surface area contributed by atoms with E-state index >= 15 is 0 Å². The molecule has 0 aromatic heterocycles. The Morgan fingerprint density at radius 3 is 2.93 bits per heavy atom. The quantitative estimate of drug-likeness (QED) is 0.795. The predicted octanol–water partition coefficient (Wildman–Crippen LogP) is 2.58. The van der Waals surface area contributed by atoms with Gasteiger partial charge in [0.1, 0.15) is 0 Å². The van der Waals surface area contributed by atoms with E-state index in [1.807, 2.05) is 6.07 Å². The standard InChI is InChI=1S/C12H17ClN2/c1-9-4-5-12(11(13)7-9)15-6-2-3-10(14)8-15/h4-5,7,10H,2-3,6,8,14H2,1H3. The van der Waals surface area contributed by atoms with Crippen molar-refractivity contribution in [2.45, 2.75) is 25.8 Å². The summed E-state index contributed by atoms with van der Waals surface area (Å²) in [5.74, 6) is 0. The van der Waals surface area contributed by atoms with Gasteiger partial charge in [-0.05, 0) is 37.5 Å². The summed E-state index contributed by atoms with van der Waals surface area (Å²) < 4.78 is 0. The summed E-state index contributed by atoms with van der Waals surface area (Å²) in [5.41, 5.74) is 8.28. The average Bonchev–Trinajstić information content (AvgIpc) is 2.17. The molecule has 0 spiro atoms. The summed E-state index contributed by atoms with van der Waals surface area (Å²) in [7, 11) is 0. The molecule has 1 heterocycles. The molecule has 2 nitrogen and oxygen atoms in total. The first-order valence-corrected chi connectivity index (χ1v) is 5.81. The van der Waals surface area contributed by atoms with Crippen LogP contribution >= 0.6 is 11.6 Å². The van der Waals surface area contributed by atoms with Crippen LogP contribution in [0.15, 0.2) is 18.2 Å². The second-order valence-electron chi connectivity index (χ2n) is 4.30. The van der Waals surface area contributed by atoms with Gasteiger partial charge < -0.3 is 10.6 Å². The highest BCUT2D eigenvalue weighted by atomic mass is 35.5. The zero-order valence-electron chi connectivity index (χ0n) is 9.04. The number of rotatable bonds is 1. The summed E-state index contributed by atoms with van der Waals surface area (Å²) in [4.78, 5) is 2.29. The predicted molar refractivity (Wildman–Crippen MR) is 65.6 cm³/mol. The van der Waals surface area contributed by atoms with Crippen molar-refractivity contribution in [2.75, 3.05) is 18.0 Å². The van der Waals surface area contributed by atoms with Gasteiger partial charge in [0.05, 0.1) is 10.7 Å². The van der Waals surface area contributed by atoms with Crippen LogP contribution in [-0.2, 0) is 0 Å². The lowest BCUT2D eigenvalue weighted by molar-refractivity contribution is 0.506. The van der Waals surface area contributed by atoms with Gasteiger partial charge in [-0.15, -0.1) is 0 Å². The molecule has 1 aliphatic rings. The third-order valence-corrected chi connectivity index (χ3v) is 3.20. The van der Waals surface area contributed by atoms with Crippen molar-refractivity contribution in [3.63, 3.8) is 0 Å². The molecule has 82 valence electrons. The molecule has 1 saturated heterocycles. The minimum absolute atomic E-state index is 0.288. The summed E-state index contributed by atoms with van der Waals surface area (Å²) in [6.07, 6.45) is 2.28. The van der Waals surface area contributed by atoms with Crippen molar-refractivity contribution in [1.29, 1.82) is 0 Å². The lowest BCUT2D eigenvalue weighted by Gasteiger charge is -2.33. The first kappa shape index (κ1) is 10.8. The van der Waals surface area contributed by atoms with Crippen LogP contribution in [0.1, 0.15) is 18.4 Å². The maximum Gasteiger partial charge on any atom is 0.0642 e. The van der Waals surface area contributed by atoms with Gasteiger partial charge in [-0.3, -0.25) is 0 Å². The van der Waals surface area contributed by atoms with Gasteiger partial charge in [0.2, 0.25) is 0 Å². The van der Waals surface area contributed by atoms with Crippen molar-refractivity contribution in [1.82, 2.24) is 0 Å². The normalized spacial score (nSPS) is 21.8. The molecule has 1 fully saturated rings. The van der Waals surface area contributed by atoms with Crippen LogP contribution in [-0.4, -0.2) is 19.1 Å². The monoisotopic (exact) mass is 224 g/mol. The topological polar surface area (TPSA) is 29.3 Å². The molecule has 0 bridgehead atoms. The van der Waals surface area contributed by atoms with Crippen LogP contribution < -0.4 is 10.6 Å². The molecule has 1 unspecified atom stereocenters. The van der Waals surface area contributed by atoms with Gasteiger partial charge in [0.25, 0.3) is 0 Å². The number of hydrogen-bond donors (Lipinski definition) is 1. The van der Waals surface area contributed by atoms with E-state index in [1.54, 1.807) is 0 Å². The number of nitrogens with two attached hydrogens (primary N) is 1. The Labute approximate surface area is 96.0 Å². The molecule has 0 aliphatic carbocycles. The Balaban J connectivity index is 2.21. The lowest BCUT2D eigenvalue weighted by Crippen LogP contribution is -2.42. The van der Waals surface area contributed by atoms with Crippen LogP contribution in [0.5, 0.6) is 0 Å². The lowest BCUT2D eigenvalue weighted by atomic mass is 10.1. The minimum Gasteiger partial charge on any atom is -0.369 e. The first-order valence-electron chi connectivity index (χ1n) is 5.43. The SMILES string of the molecule is Cc1ccc(N2CCCC(N)C2)c(Cl)c1. The highest BCUT2D eigenvalue weighted by molar-refractivity contribution is 6.33. The van der Waals surface area contributed by atoms with E-state index in [0.717, 1.165) is 36.6 Å². The Morgan fingerprint density at radius 2 is 2.27 bits per heavy atom. The Hall–Kier alpha value is -0.730. The number of piperidine rings is 1. The molecule has 2 N–H and O–H groups in total. The molecular weight excluding hydrogens is 208 g/mol. The molecule has 1 aromatic carbocycles. The van der Waals surface area contributed by atoms with Crippen LogP contribution in [0, 0.1) is 6.92 Å². The van der Waals surface area contributed by atoms with E-state index in [-0.39, 0.29) is 6.04 Å². The average molecular weight is 225 g/mol. The van der Waals surface area contributed by atoms with Crippen molar-refractivity contribution >= 4 is 17.3 Å². The Morgan fingerprint density at radius 1 is 1.47 bits per heavy atom. The van der Waals surface area contributed by atoms with Crippen molar-refractivity contribution in [3.05, 3.63) is 28.8 Å². The van der Waals surface area contributed by atoms with Crippen LogP contribution in [0.2, 0.25) is 5.02 Å². The second-order valence-corrected chi connectivity index (χ2v) is 4.71. The molecule has 3 heteroatoms. The summed E-state index contributed by atoms with van der Waals surface area (Å²) >= 11 is 6.23. The molecule has 0 amide bonds. The van der Waals surface area contributed by atoms with Gasteiger partial charge in [-0.25, -0.2) is 0 Å². The molecule has 1 aliphatic heterocycles. The fraction of sp³-hybridized carbons (Fsp3) is 0.500. The Kier molecular flexibility index (Phi) is 3.17. The molecule has 0 saturated carbocycles. The fourth-order valence-corrected chi connectivity index (χ4v) is 2.45. The molecule has 15 heavy (non-hydrogen) atoms. The van der Waals surface area contributed by atoms with E-state index in [0.29, 0.717) is 0 Å². The van der Waals surface area contributed by atoms with E-state index < -0.39 is 0 Å². The highest BCUT2D eigenvalue weighted by Gasteiger charge is 2.18. The molecule has 2 rings (SSSR count). The number of anilines is 1. The van der Waals surface area contributed by atoms with Gasteiger partial charge >= 0.3 is 0 Å².